The van der Waals surface area contributed by atoms with Crippen molar-refractivity contribution in [2.45, 2.75) is 13.1 Å². The second-order valence-corrected chi connectivity index (χ2v) is 7.33. The third-order valence-electron chi connectivity index (χ3n) is 5.42. The van der Waals surface area contributed by atoms with Crippen molar-refractivity contribution in [1.29, 1.82) is 0 Å². The molecule has 0 spiro atoms. The van der Waals surface area contributed by atoms with Gasteiger partial charge in [-0.3, -0.25) is 0 Å². The number of rotatable bonds is 4. The lowest BCUT2D eigenvalue weighted by Crippen LogP contribution is -2.32. The summed E-state index contributed by atoms with van der Waals surface area (Å²) in [6.07, 6.45) is 1.63. The summed E-state index contributed by atoms with van der Waals surface area (Å²) in [6.45, 7) is 3.17. The topological polar surface area (TPSA) is 96.2 Å². The number of aromatic nitrogens is 4. The van der Waals surface area contributed by atoms with Crippen molar-refractivity contribution >= 4 is 28.6 Å². The van der Waals surface area contributed by atoms with E-state index in [-0.39, 0.29) is 5.95 Å². The molecule has 0 radical (unpaired) electrons. The summed E-state index contributed by atoms with van der Waals surface area (Å²) >= 11 is 0. The van der Waals surface area contributed by atoms with Gasteiger partial charge in [0.25, 0.3) is 0 Å². The van der Waals surface area contributed by atoms with Crippen LogP contribution < -0.4 is 20.3 Å². The summed E-state index contributed by atoms with van der Waals surface area (Å²) in [6, 6.07) is 16.7. The highest BCUT2D eigenvalue weighted by atomic mass is 16.5. The van der Waals surface area contributed by atoms with Crippen LogP contribution in [0.2, 0.25) is 0 Å². The van der Waals surface area contributed by atoms with Gasteiger partial charge in [0.2, 0.25) is 5.95 Å². The molecule has 2 aromatic heterocycles. The Morgan fingerprint density at radius 2 is 2.00 bits per heavy atom. The Morgan fingerprint density at radius 3 is 2.90 bits per heavy atom. The quantitative estimate of drug-likeness (QED) is 0.543. The molecule has 152 valence electrons. The van der Waals surface area contributed by atoms with Gasteiger partial charge in [-0.05, 0) is 29.3 Å². The summed E-state index contributed by atoms with van der Waals surface area (Å²) < 4.78 is 5.40. The van der Waals surface area contributed by atoms with E-state index in [1.54, 1.807) is 13.4 Å². The van der Waals surface area contributed by atoms with Gasteiger partial charge in [-0.15, -0.1) is 0 Å². The van der Waals surface area contributed by atoms with Crippen LogP contribution in [0.25, 0.3) is 11.2 Å². The molecule has 30 heavy (non-hydrogen) atoms. The van der Waals surface area contributed by atoms with Crippen molar-refractivity contribution in [3.05, 3.63) is 66.0 Å². The lowest BCUT2D eigenvalue weighted by atomic mass is 10.1. The molecule has 0 fully saturated rings. The molecule has 4 aromatic rings. The average molecular weight is 401 g/mol. The summed E-state index contributed by atoms with van der Waals surface area (Å²) in [5.74, 6) is 1.89. The van der Waals surface area contributed by atoms with E-state index in [1.807, 2.05) is 12.1 Å². The van der Waals surface area contributed by atoms with Gasteiger partial charge < -0.3 is 25.3 Å². The number of para-hydroxylation sites is 1. The van der Waals surface area contributed by atoms with E-state index in [9.17, 15) is 0 Å². The zero-order chi connectivity index (χ0) is 20.5. The first-order valence-electron chi connectivity index (χ1n) is 9.88. The largest absolute Gasteiger partial charge is 0.497 e. The Bertz CT molecular complexity index is 1190. The molecule has 0 aliphatic carbocycles. The number of hydrogen-bond donors (Lipinski definition) is 2. The fourth-order valence-electron chi connectivity index (χ4n) is 4.00. The third-order valence-corrected chi connectivity index (χ3v) is 5.42. The highest BCUT2D eigenvalue weighted by Gasteiger charge is 2.23. The van der Waals surface area contributed by atoms with Crippen LogP contribution in [0.5, 0.6) is 5.75 Å². The molecule has 2 aromatic carbocycles. The fraction of sp³-hybridized carbons (Fsp3) is 0.227. The van der Waals surface area contributed by atoms with E-state index >= 15 is 0 Å². The van der Waals surface area contributed by atoms with Crippen LogP contribution in [0.3, 0.4) is 0 Å². The molecule has 8 nitrogen and oxygen atoms in total. The number of nitrogen functional groups attached to an aromatic ring is 1. The Hall–Kier alpha value is -3.81. The van der Waals surface area contributed by atoms with Crippen molar-refractivity contribution in [2.75, 3.05) is 35.7 Å². The van der Waals surface area contributed by atoms with Gasteiger partial charge in [0.1, 0.15) is 11.3 Å². The van der Waals surface area contributed by atoms with Crippen molar-refractivity contribution in [1.82, 2.24) is 19.9 Å². The van der Waals surface area contributed by atoms with Gasteiger partial charge in [0.05, 0.1) is 13.4 Å². The normalized spacial score (nSPS) is 13.9. The monoisotopic (exact) mass is 401 g/mol. The van der Waals surface area contributed by atoms with Crippen molar-refractivity contribution in [2.24, 2.45) is 0 Å². The Kier molecular flexibility index (Phi) is 4.59. The van der Waals surface area contributed by atoms with E-state index in [4.69, 9.17) is 10.5 Å². The average Bonchev–Trinajstić information content (AvgIpc) is 3.16. The molecular weight excluding hydrogens is 378 g/mol. The summed E-state index contributed by atoms with van der Waals surface area (Å²) in [5, 5.41) is 0. The van der Waals surface area contributed by atoms with Gasteiger partial charge in [-0.2, -0.15) is 9.97 Å². The highest BCUT2D eigenvalue weighted by molar-refractivity contribution is 5.84. The molecule has 0 atom stereocenters. The second-order valence-electron chi connectivity index (χ2n) is 7.33. The number of imidazole rings is 1. The molecular formula is C22H23N7O. The minimum absolute atomic E-state index is 0.232. The second kappa shape index (κ2) is 7.55. The molecule has 3 heterocycles. The maximum Gasteiger partial charge on any atom is 0.224 e. The van der Waals surface area contributed by atoms with Crippen LogP contribution in [-0.4, -0.2) is 40.1 Å². The number of benzene rings is 2. The maximum atomic E-state index is 5.96. The van der Waals surface area contributed by atoms with E-state index in [0.717, 1.165) is 43.3 Å². The number of fused-ring (bicyclic) bond motifs is 2. The van der Waals surface area contributed by atoms with E-state index in [2.05, 4.69) is 66.1 Å². The molecule has 0 unspecified atom stereocenters. The number of nitrogens with one attached hydrogen (secondary N) is 1. The molecule has 0 saturated heterocycles. The number of ether oxygens (including phenoxy) is 1. The van der Waals surface area contributed by atoms with Crippen LogP contribution >= 0.6 is 0 Å². The number of methoxy groups -OCH3 is 1. The van der Waals surface area contributed by atoms with Gasteiger partial charge >= 0.3 is 0 Å². The van der Waals surface area contributed by atoms with Crippen LogP contribution in [0.4, 0.5) is 17.5 Å². The van der Waals surface area contributed by atoms with E-state index < -0.39 is 0 Å². The molecule has 0 saturated carbocycles. The lowest BCUT2D eigenvalue weighted by molar-refractivity contribution is 0.414. The molecule has 0 amide bonds. The Balaban J connectivity index is 1.50. The number of anilines is 3. The smallest absolute Gasteiger partial charge is 0.224 e. The zero-order valence-corrected chi connectivity index (χ0v) is 16.7. The maximum absolute atomic E-state index is 5.96. The first kappa shape index (κ1) is 18.2. The van der Waals surface area contributed by atoms with Crippen molar-refractivity contribution in [3.63, 3.8) is 0 Å². The van der Waals surface area contributed by atoms with Crippen molar-refractivity contribution < 1.29 is 4.74 Å². The minimum atomic E-state index is 0.232. The fourth-order valence-corrected chi connectivity index (χ4v) is 4.00. The van der Waals surface area contributed by atoms with Gasteiger partial charge in [-0.1, -0.05) is 30.3 Å². The number of hydrogen-bond acceptors (Lipinski definition) is 7. The Morgan fingerprint density at radius 1 is 1.10 bits per heavy atom. The summed E-state index contributed by atoms with van der Waals surface area (Å²) in [7, 11) is 1.70. The molecule has 1 aliphatic rings. The molecule has 8 heteroatoms. The van der Waals surface area contributed by atoms with Crippen LogP contribution in [0.1, 0.15) is 11.1 Å². The standard InChI is InChI=1S/C22H23N7O/c1-30-17-7-4-5-15(11-17)12-28-9-10-29(13-16-6-2-3-8-18(16)28)21-19-20(25-14-24-19)26-22(23)27-21/h2-8,11,14H,9-10,12-13H2,1H3,(H3,23,24,25,26,27). The number of nitrogens with two attached hydrogens (primary N) is 1. The number of aromatic amines is 1. The molecule has 0 bridgehead atoms. The highest BCUT2D eigenvalue weighted by Crippen LogP contribution is 2.31. The van der Waals surface area contributed by atoms with Crippen LogP contribution in [0.15, 0.2) is 54.9 Å². The third kappa shape index (κ3) is 3.36. The van der Waals surface area contributed by atoms with Gasteiger partial charge in [-0.25, -0.2) is 4.98 Å². The van der Waals surface area contributed by atoms with Gasteiger partial charge in [0.15, 0.2) is 11.5 Å². The lowest BCUT2D eigenvalue weighted by Gasteiger charge is -2.25. The first-order chi connectivity index (χ1) is 14.7. The first-order valence-corrected chi connectivity index (χ1v) is 9.88. The molecule has 3 N–H and O–H groups in total. The minimum Gasteiger partial charge on any atom is -0.497 e. The summed E-state index contributed by atoms with van der Waals surface area (Å²) in [5.41, 5.74) is 11.0. The zero-order valence-electron chi connectivity index (χ0n) is 16.7. The molecule has 1 aliphatic heterocycles. The predicted molar refractivity (Wildman–Crippen MR) is 118 cm³/mol. The Labute approximate surface area is 174 Å². The molecule has 5 rings (SSSR count). The SMILES string of the molecule is COc1cccc(CN2CCN(c3nc(N)nc4nc[nH]c34)Cc3ccccc32)c1. The van der Waals surface area contributed by atoms with Crippen molar-refractivity contribution in [3.8, 4) is 5.75 Å². The summed E-state index contributed by atoms with van der Waals surface area (Å²) in [4.78, 5) is 20.8. The number of nitrogens with zero attached hydrogens (tertiary/aromatic N) is 5. The predicted octanol–water partition coefficient (Wildman–Crippen LogP) is 2.97. The van der Waals surface area contributed by atoms with Gasteiger partial charge in [0, 0.05) is 31.9 Å². The van der Waals surface area contributed by atoms with E-state index in [1.165, 1.54) is 16.8 Å². The van der Waals surface area contributed by atoms with Crippen LogP contribution in [0, 0.1) is 0 Å². The number of H-pyrrole nitrogens is 1. The van der Waals surface area contributed by atoms with Crippen LogP contribution in [-0.2, 0) is 13.1 Å². The van der Waals surface area contributed by atoms with E-state index in [0.29, 0.717) is 5.65 Å².